The van der Waals surface area contributed by atoms with Crippen LogP contribution in [0.15, 0.2) is 60.2 Å². The Kier molecular flexibility index (Phi) is 5.25. The largest absolute Gasteiger partial charge is 0.396 e. The summed E-state index contributed by atoms with van der Waals surface area (Å²) in [4.78, 5) is 13.3. The molecule has 0 unspecified atom stereocenters. The number of hydrogen-bond acceptors (Lipinski definition) is 4. The Bertz CT molecular complexity index is 772. The number of carbonyl (C=O) groups is 1. The third-order valence-corrected chi connectivity index (χ3v) is 4.47. The van der Waals surface area contributed by atoms with Crippen LogP contribution in [0, 0.1) is 0 Å². The van der Waals surface area contributed by atoms with Gasteiger partial charge in [-0.1, -0.05) is 12.1 Å². The summed E-state index contributed by atoms with van der Waals surface area (Å²) in [7, 11) is 0. The molecule has 2 heterocycles. The predicted octanol–water partition coefficient (Wildman–Crippen LogP) is 3.18. The molecule has 0 aliphatic carbocycles. The van der Waals surface area contributed by atoms with Gasteiger partial charge in [0.15, 0.2) is 0 Å². The maximum atomic E-state index is 12.3. The van der Waals surface area contributed by atoms with E-state index >= 15 is 0 Å². The molecule has 1 atom stereocenters. The van der Waals surface area contributed by atoms with Gasteiger partial charge in [0, 0.05) is 29.6 Å². The number of amides is 2. The summed E-state index contributed by atoms with van der Waals surface area (Å²) in [5.41, 5.74) is 1.54. The summed E-state index contributed by atoms with van der Waals surface area (Å²) in [5.74, 6) is 0. The van der Waals surface area contributed by atoms with Crippen LogP contribution >= 0.6 is 11.3 Å². The number of aromatic nitrogens is 2. The molecule has 24 heavy (non-hydrogen) atoms. The van der Waals surface area contributed by atoms with Gasteiger partial charge in [0.05, 0.1) is 11.7 Å². The SMILES string of the molecule is O=C(Nc1cccc(-n2cccn2)c1)N[C@H](CCO)c1cccs1. The van der Waals surface area contributed by atoms with E-state index in [2.05, 4.69) is 15.7 Å². The van der Waals surface area contributed by atoms with Gasteiger partial charge in [-0.25, -0.2) is 9.48 Å². The zero-order chi connectivity index (χ0) is 16.8. The molecule has 0 radical (unpaired) electrons. The molecule has 6 nitrogen and oxygen atoms in total. The van der Waals surface area contributed by atoms with Gasteiger partial charge in [-0.15, -0.1) is 11.3 Å². The maximum absolute atomic E-state index is 12.3. The zero-order valence-electron chi connectivity index (χ0n) is 12.9. The Hall–Kier alpha value is -2.64. The molecule has 2 aromatic heterocycles. The average molecular weight is 342 g/mol. The van der Waals surface area contributed by atoms with Gasteiger partial charge >= 0.3 is 6.03 Å². The number of thiophene rings is 1. The van der Waals surface area contributed by atoms with Crippen LogP contribution in [0.1, 0.15) is 17.3 Å². The fourth-order valence-corrected chi connectivity index (χ4v) is 3.19. The van der Waals surface area contributed by atoms with Crippen molar-refractivity contribution in [3.63, 3.8) is 0 Å². The molecule has 0 saturated heterocycles. The number of rotatable bonds is 6. The second-order valence-electron chi connectivity index (χ2n) is 5.18. The van der Waals surface area contributed by atoms with Gasteiger partial charge in [-0.3, -0.25) is 0 Å². The molecule has 0 aliphatic rings. The molecule has 7 heteroatoms. The molecule has 0 bridgehead atoms. The summed E-state index contributed by atoms with van der Waals surface area (Å²) < 4.78 is 1.73. The molecular formula is C17H18N4O2S. The summed E-state index contributed by atoms with van der Waals surface area (Å²) >= 11 is 1.55. The first-order valence-corrected chi connectivity index (χ1v) is 8.46. The number of carbonyl (C=O) groups excluding carboxylic acids is 1. The van der Waals surface area contributed by atoms with E-state index in [4.69, 9.17) is 0 Å². The van der Waals surface area contributed by atoms with Crippen LogP contribution < -0.4 is 10.6 Å². The van der Waals surface area contributed by atoms with Gasteiger partial charge in [0.2, 0.25) is 0 Å². The molecule has 3 rings (SSSR count). The number of aliphatic hydroxyl groups is 1. The highest BCUT2D eigenvalue weighted by Crippen LogP contribution is 2.22. The first kappa shape index (κ1) is 16.2. The summed E-state index contributed by atoms with van der Waals surface area (Å²) in [5, 5.41) is 21.1. The van der Waals surface area contributed by atoms with Crippen molar-refractivity contribution in [2.24, 2.45) is 0 Å². The van der Waals surface area contributed by atoms with E-state index < -0.39 is 0 Å². The molecule has 1 aromatic carbocycles. The fraction of sp³-hybridized carbons (Fsp3) is 0.176. The number of aliphatic hydroxyl groups excluding tert-OH is 1. The van der Waals surface area contributed by atoms with E-state index in [1.54, 1.807) is 22.2 Å². The lowest BCUT2D eigenvalue weighted by Gasteiger charge is -2.17. The van der Waals surface area contributed by atoms with Gasteiger partial charge in [-0.05, 0) is 42.1 Å². The number of nitrogens with one attached hydrogen (secondary N) is 2. The first-order chi connectivity index (χ1) is 11.8. The normalized spacial score (nSPS) is 11.9. The molecule has 3 aromatic rings. The van der Waals surface area contributed by atoms with Gasteiger partial charge in [0.1, 0.15) is 0 Å². The fourth-order valence-electron chi connectivity index (χ4n) is 2.38. The van der Waals surface area contributed by atoms with Crippen molar-refractivity contribution in [1.29, 1.82) is 0 Å². The lowest BCUT2D eigenvalue weighted by atomic mass is 10.2. The van der Waals surface area contributed by atoms with Crippen molar-refractivity contribution in [2.75, 3.05) is 11.9 Å². The molecule has 0 spiro atoms. The summed E-state index contributed by atoms with van der Waals surface area (Å²) in [6.45, 7) is 0.0115. The number of nitrogens with zero attached hydrogens (tertiary/aromatic N) is 2. The third kappa shape index (κ3) is 4.01. The second kappa shape index (κ2) is 7.76. The van der Waals surface area contributed by atoms with Crippen LogP contribution in [0.25, 0.3) is 5.69 Å². The lowest BCUT2D eigenvalue weighted by Crippen LogP contribution is -2.32. The highest BCUT2D eigenvalue weighted by Gasteiger charge is 2.15. The van der Waals surface area contributed by atoms with Crippen LogP contribution in [-0.2, 0) is 0 Å². The van der Waals surface area contributed by atoms with E-state index in [-0.39, 0.29) is 18.7 Å². The zero-order valence-corrected chi connectivity index (χ0v) is 13.7. The monoisotopic (exact) mass is 342 g/mol. The van der Waals surface area contributed by atoms with Crippen molar-refractivity contribution in [3.8, 4) is 5.69 Å². The summed E-state index contributed by atoms with van der Waals surface area (Å²) in [6.07, 6.45) is 4.02. The maximum Gasteiger partial charge on any atom is 0.319 e. The van der Waals surface area contributed by atoms with E-state index in [1.165, 1.54) is 0 Å². The Morgan fingerprint density at radius 3 is 2.92 bits per heavy atom. The molecule has 124 valence electrons. The lowest BCUT2D eigenvalue weighted by molar-refractivity contribution is 0.239. The number of hydrogen-bond donors (Lipinski definition) is 3. The van der Waals surface area contributed by atoms with Gasteiger partial charge in [0.25, 0.3) is 0 Å². The smallest absolute Gasteiger partial charge is 0.319 e. The average Bonchev–Trinajstić information content (AvgIpc) is 3.28. The van der Waals surface area contributed by atoms with Crippen LogP contribution in [0.3, 0.4) is 0 Å². The van der Waals surface area contributed by atoms with E-state index in [9.17, 15) is 9.90 Å². The van der Waals surface area contributed by atoms with Crippen molar-refractivity contribution >= 4 is 23.1 Å². The van der Waals surface area contributed by atoms with Crippen LogP contribution in [0.4, 0.5) is 10.5 Å². The first-order valence-electron chi connectivity index (χ1n) is 7.58. The van der Waals surface area contributed by atoms with E-state index in [1.807, 2.05) is 54.0 Å². The highest BCUT2D eigenvalue weighted by atomic mass is 32.1. The minimum Gasteiger partial charge on any atom is -0.396 e. The predicted molar refractivity (Wildman–Crippen MR) is 94.5 cm³/mol. The van der Waals surface area contributed by atoms with Crippen molar-refractivity contribution in [2.45, 2.75) is 12.5 Å². The third-order valence-electron chi connectivity index (χ3n) is 3.48. The Morgan fingerprint density at radius 2 is 2.21 bits per heavy atom. The molecule has 0 aliphatic heterocycles. The minimum atomic E-state index is -0.306. The Morgan fingerprint density at radius 1 is 1.29 bits per heavy atom. The number of benzene rings is 1. The van der Waals surface area contributed by atoms with Gasteiger partial charge in [-0.2, -0.15) is 5.10 Å². The molecule has 2 amide bonds. The highest BCUT2D eigenvalue weighted by molar-refractivity contribution is 7.10. The molecule has 3 N–H and O–H groups in total. The van der Waals surface area contributed by atoms with Crippen LogP contribution in [-0.4, -0.2) is 27.5 Å². The number of anilines is 1. The summed E-state index contributed by atoms with van der Waals surface area (Å²) in [6, 6.07) is 12.6. The van der Waals surface area contributed by atoms with E-state index in [0.717, 1.165) is 10.6 Å². The minimum absolute atomic E-state index is 0.0115. The van der Waals surface area contributed by atoms with Gasteiger partial charge < -0.3 is 15.7 Å². The molecular weight excluding hydrogens is 324 g/mol. The van der Waals surface area contributed by atoms with Crippen molar-refractivity contribution in [1.82, 2.24) is 15.1 Å². The molecule has 0 fully saturated rings. The Labute approximate surface area is 143 Å². The van der Waals surface area contributed by atoms with Crippen LogP contribution in [0.2, 0.25) is 0 Å². The second-order valence-corrected chi connectivity index (χ2v) is 6.16. The standard InChI is InChI=1S/C17H18N4O2S/c22-10-7-15(16-6-2-11-24-16)20-17(23)19-13-4-1-5-14(12-13)21-9-3-8-18-21/h1-6,8-9,11-12,15,22H,7,10H2,(H2,19,20,23)/t15-/m1/s1. The quantitative estimate of drug-likeness (QED) is 0.644. The topological polar surface area (TPSA) is 79.2 Å². The molecule has 0 saturated carbocycles. The van der Waals surface area contributed by atoms with E-state index in [0.29, 0.717) is 12.1 Å². The Balaban J connectivity index is 1.67. The van der Waals surface area contributed by atoms with Crippen molar-refractivity contribution in [3.05, 3.63) is 65.1 Å². The number of urea groups is 1. The van der Waals surface area contributed by atoms with Crippen molar-refractivity contribution < 1.29 is 9.90 Å². The van der Waals surface area contributed by atoms with Crippen LogP contribution in [0.5, 0.6) is 0 Å².